The first-order chi connectivity index (χ1) is 9.01. The van der Waals surface area contributed by atoms with Gasteiger partial charge in [-0.1, -0.05) is 0 Å². The maximum absolute atomic E-state index is 12.1. The van der Waals surface area contributed by atoms with Crippen LogP contribution in [0.25, 0.3) is 0 Å². The highest BCUT2D eigenvalue weighted by Crippen LogP contribution is 2.63. The molecule has 6 heteroatoms. The van der Waals surface area contributed by atoms with Gasteiger partial charge in [0.25, 0.3) is 0 Å². The number of aliphatic hydroxyl groups is 1. The van der Waals surface area contributed by atoms with Crippen molar-refractivity contribution in [2.24, 2.45) is 5.92 Å². The van der Waals surface area contributed by atoms with E-state index in [9.17, 15) is 9.90 Å². The summed E-state index contributed by atoms with van der Waals surface area (Å²) in [7, 11) is 0. The third-order valence-corrected chi connectivity index (χ3v) is 4.97. The van der Waals surface area contributed by atoms with Crippen LogP contribution in [0.3, 0.4) is 0 Å². The maximum atomic E-state index is 12.1. The molecule has 0 unspecified atom stereocenters. The van der Waals surface area contributed by atoms with Gasteiger partial charge >= 0.3 is 0 Å². The summed E-state index contributed by atoms with van der Waals surface area (Å²) in [6.07, 6.45) is -1.35. The van der Waals surface area contributed by atoms with Crippen LogP contribution < -0.4 is 0 Å². The van der Waals surface area contributed by atoms with Gasteiger partial charge in [0, 0.05) is 0 Å². The molecule has 0 saturated carbocycles. The van der Waals surface area contributed by atoms with Crippen molar-refractivity contribution < 1.29 is 28.8 Å². The normalized spacial score (nSPS) is 58.8. The molecule has 3 saturated heterocycles. The summed E-state index contributed by atoms with van der Waals surface area (Å²) < 4.78 is 24.0. The summed E-state index contributed by atoms with van der Waals surface area (Å²) in [4.78, 5) is 12.1. The first kappa shape index (κ1) is 14.4. The lowest BCUT2D eigenvalue weighted by atomic mass is 9.80. The van der Waals surface area contributed by atoms with Crippen LogP contribution in [0.2, 0.25) is 0 Å². The lowest BCUT2D eigenvalue weighted by Gasteiger charge is -2.57. The third-order valence-electron chi connectivity index (χ3n) is 4.97. The van der Waals surface area contributed by atoms with Gasteiger partial charge in [-0.3, -0.25) is 4.79 Å². The van der Waals surface area contributed by atoms with Crippen molar-refractivity contribution >= 4 is 5.78 Å². The molecule has 0 aromatic carbocycles. The summed E-state index contributed by atoms with van der Waals surface area (Å²) in [5.74, 6) is -4.30. The number of carbonyl (C=O) groups is 1. The summed E-state index contributed by atoms with van der Waals surface area (Å²) in [6.45, 7) is 10.1. The zero-order valence-electron chi connectivity index (χ0n) is 12.7. The summed E-state index contributed by atoms with van der Waals surface area (Å²) in [5.41, 5.74) is -1.16. The highest BCUT2D eigenvalue weighted by Gasteiger charge is 2.81. The van der Waals surface area contributed by atoms with Gasteiger partial charge in [0.2, 0.25) is 5.79 Å². The Morgan fingerprint density at radius 3 is 2.20 bits per heavy atom. The molecule has 0 aromatic rings. The molecule has 114 valence electrons. The van der Waals surface area contributed by atoms with Crippen molar-refractivity contribution in [1.82, 2.24) is 0 Å². The van der Waals surface area contributed by atoms with Crippen LogP contribution in [-0.4, -0.2) is 46.1 Å². The lowest BCUT2D eigenvalue weighted by molar-refractivity contribution is -0.466. The molecule has 3 aliphatic heterocycles. The Bertz CT molecular complexity index is 478. The number of hydrogen-bond acceptors (Lipinski definition) is 6. The number of ether oxygens (including phenoxy) is 4. The average molecular weight is 286 g/mol. The van der Waals surface area contributed by atoms with Crippen molar-refractivity contribution in [3.8, 4) is 0 Å². The van der Waals surface area contributed by atoms with Gasteiger partial charge in [0.1, 0.15) is 11.7 Å². The van der Waals surface area contributed by atoms with Crippen LogP contribution >= 0.6 is 0 Å². The Kier molecular flexibility index (Phi) is 2.61. The van der Waals surface area contributed by atoms with E-state index in [1.807, 2.05) is 6.92 Å². The fourth-order valence-electron chi connectivity index (χ4n) is 4.58. The van der Waals surface area contributed by atoms with Crippen LogP contribution in [0, 0.1) is 5.92 Å². The van der Waals surface area contributed by atoms with Crippen molar-refractivity contribution in [2.45, 2.75) is 76.7 Å². The number of ketones is 1. The van der Waals surface area contributed by atoms with E-state index in [4.69, 9.17) is 18.9 Å². The highest BCUT2D eigenvalue weighted by atomic mass is 16.9. The monoisotopic (exact) mass is 286 g/mol. The molecule has 3 bridgehead atoms. The molecule has 3 fully saturated rings. The SMILES string of the molecule is CC(=O)[C@H]1[C@@]2(C)O[C@@H](C)[C@]3([C@H](C)O)O[C@]1(C)O[C@]3(C)O2. The van der Waals surface area contributed by atoms with E-state index in [1.54, 1.807) is 27.7 Å². The van der Waals surface area contributed by atoms with E-state index in [1.165, 1.54) is 6.92 Å². The second kappa shape index (κ2) is 3.62. The fraction of sp³-hybridized carbons (Fsp3) is 0.929. The standard InChI is InChI=1S/C14H22O6/c1-7(15)10-11(4)17-9(3)14(8(2)16)13(6,18-11)19-12(10,5)20-14/h8-10,16H,1-6H3/t8-,9-,10-,11-,12-,13-,14-/m0/s1. The number of Topliss-reactive ketones (excluding diaryl/α,β-unsaturated/α-hetero) is 1. The van der Waals surface area contributed by atoms with E-state index in [0.29, 0.717) is 0 Å². The third kappa shape index (κ3) is 1.34. The zero-order chi connectivity index (χ0) is 15.1. The first-order valence-corrected chi connectivity index (χ1v) is 6.97. The van der Waals surface area contributed by atoms with Gasteiger partial charge < -0.3 is 24.1 Å². The maximum Gasteiger partial charge on any atom is 0.206 e. The Balaban J connectivity index is 2.22. The van der Waals surface area contributed by atoms with E-state index in [0.717, 1.165) is 0 Å². The molecule has 20 heavy (non-hydrogen) atoms. The van der Waals surface area contributed by atoms with Gasteiger partial charge in [-0.2, -0.15) is 0 Å². The summed E-state index contributed by atoms with van der Waals surface area (Å²) in [5, 5.41) is 10.3. The van der Waals surface area contributed by atoms with Crippen LogP contribution in [0.15, 0.2) is 0 Å². The molecule has 0 amide bonds. The Hall–Kier alpha value is -0.530. The smallest absolute Gasteiger partial charge is 0.206 e. The van der Waals surface area contributed by atoms with E-state index in [2.05, 4.69) is 0 Å². The molecule has 0 radical (unpaired) electrons. The predicted molar refractivity (Wildman–Crippen MR) is 67.6 cm³/mol. The average Bonchev–Trinajstić information content (AvgIpc) is 2.36. The molecule has 3 heterocycles. The van der Waals surface area contributed by atoms with Gasteiger partial charge in [-0.05, 0) is 41.5 Å². The van der Waals surface area contributed by atoms with Crippen LogP contribution in [0.1, 0.15) is 41.5 Å². The van der Waals surface area contributed by atoms with Crippen molar-refractivity contribution in [3.63, 3.8) is 0 Å². The van der Waals surface area contributed by atoms with Crippen LogP contribution in [0.5, 0.6) is 0 Å². The van der Waals surface area contributed by atoms with Gasteiger partial charge in [0.05, 0.1) is 12.2 Å². The topological polar surface area (TPSA) is 74.2 Å². The number of rotatable bonds is 2. The molecule has 6 nitrogen and oxygen atoms in total. The number of carbonyl (C=O) groups excluding carboxylic acids is 1. The minimum Gasteiger partial charge on any atom is -0.390 e. The molecule has 0 aromatic heterocycles. The van der Waals surface area contributed by atoms with E-state index < -0.39 is 41.1 Å². The minimum atomic E-state index is -1.17. The quantitative estimate of drug-likeness (QED) is 0.815. The predicted octanol–water partition coefficient (Wildman–Crippen LogP) is 0.956. The van der Waals surface area contributed by atoms with Crippen LogP contribution in [-0.2, 0) is 23.7 Å². The molecule has 1 N–H and O–H groups in total. The Labute approximate surface area is 118 Å². The zero-order valence-corrected chi connectivity index (χ0v) is 12.7. The molecular formula is C14H22O6. The minimum absolute atomic E-state index is 0.132. The molecule has 7 atom stereocenters. The summed E-state index contributed by atoms with van der Waals surface area (Å²) >= 11 is 0. The number of hydrogen-bond donors (Lipinski definition) is 1. The molecular weight excluding hydrogens is 264 g/mol. The van der Waals surface area contributed by atoms with Gasteiger partial charge in [-0.25, -0.2) is 0 Å². The first-order valence-electron chi connectivity index (χ1n) is 6.97. The highest BCUT2D eigenvalue weighted by molar-refractivity contribution is 5.80. The number of aliphatic hydroxyl groups excluding tert-OH is 1. The van der Waals surface area contributed by atoms with E-state index >= 15 is 0 Å². The summed E-state index contributed by atoms with van der Waals surface area (Å²) in [6, 6.07) is 0. The Morgan fingerprint density at radius 1 is 1.15 bits per heavy atom. The second-order valence-corrected chi connectivity index (χ2v) is 6.56. The molecule has 0 spiro atoms. The van der Waals surface area contributed by atoms with Crippen molar-refractivity contribution in [3.05, 3.63) is 0 Å². The largest absolute Gasteiger partial charge is 0.390 e. The lowest BCUT2D eigenvalue weighted by Crippen LogP contribution is -2.74. The fourth-order valence-corrected chi connectivity index (χ4v) is 4.58. The number of fused-ring (bicyclic) bond motifs is 2. The van der Waals surface area contributed by atoms with Crippen molar-refractivity contribution in [2.75, 3.05) is 0 Å². The van der Waals surface area contributed by atoms with Gasteiger partial charge in [0.15, 0.2) is 17.2 Å². The van der Waals surface area contributed by atoms with Crippen LogP contribution in [0.4, 0.5) is 0 Å². The Morgan fingerprint density at radius 2 is 1.70 bits per heavy atom. The molecule has 3 rings (SSSR count). The van der Waals surface area contributed by atoms with Crippen molar-refractivity contribution in [1.29, 1.82) is 0 Å². The second-order valence-electron chi connectivity index (χ2n) is 6.56. The van der Waals surface area contributed by atoms with Gasteiger partial charge in [-0.15, -0.1) is 0 Å². The van der Waals surface area contributed by atoms with E-state index in [-0.39, 0.29) is 5.78 Å². The molecule has 0 aliphatic carbocycles. The molecule has 3 aliphatic rings.